The van der Waals surface area contributed by atoms with E-state index in [9.17, 15) is 9.67 Å². The summed E-state index contributed by atoms with van der Waals surface area (Å²) in [7, 11) is -1.23. The average molecular weight is 211 g/mol. The van der Waals surface area contributed by atoms with Gasteiger partial charge in [0.05, 0.1) is 12.3 Å². The maximum absolute atomic E-state index is 11.7. The normalized spacial score (nSPS) is 37.2. The molecule has 0 amide bonds. The maximum atomic E-state index is 11.7. The quantitative estimate of drug-likeness (QED) is 0.672. The second kappa shape index (κ2) is 3.51. The first-order chi connectivity index (χ1) is 5.48. The zero-order valence-corrected chi connectivity index (χ0v) is 8.73. The average Bonchev–Trinajstić information content (AvgIpc) is 2.00. The molecule has 0 spiro atoms. The van der Waals surface area contributed by atoms with Crippen molar-refractivity contribution >= 4 is 19.0 Å². The molecule has 70 valence electrons. The first kappa shape index (κ1) is 10.3. The van der Waals surface area contributed by atoms with E-state index in [4.69, 9.17) is 16.1 Å². The second-order valence-electron chi connectivity index (χ2n) is 2.98. The van der Waals surface area contributed by atoms with Crippen molar-refractivity contribution in [2.75, 3.05) is 19.4 Å². The molecule has 5 heteroatoms. The summed E-state index contributed by atoms with van der Waals surface area (Å²) >= 11 is 5.75. The predicted octanol–water partition coefficient (Wildman–Crippen LogP) is 1.80. The highest BCUT2D eigenvalue weighted by Gasteiger charge is 2.33. The second-order valence-corrected chi connectivity index (χ2v) is 6.06. The molecule has 2 atom stereocenters. The third-order valence-corrected chi connectivity index (χ3v) is 5.06. The van der Waals surface area contributed by atoms with Gasteiger partial charge in [-0.2, -0.15) is 0 Å². The Morgan fingerprint density at radius 1 is 1.75 bits per heavy atom. The van der Waals surface area contributed by atoms with E-state index in [1.165, 1.54) is 7.11 Å². The maximum Gasteiger partial charge on any atom is 0.209 e. The van der Waals surface area contributed by atoms with Crippen LogP contribution in [0.2, 0.25) is 0 Å². The van der Waals surface area contributed by atoms with E-state index in [0.29, 0.717) is 11.2 Å². The van der Waals surface area contributed by atoms with Gasteiger partial charge in [-0.3, -0.25) is 4.57 Å². The SMILES string of the molecule is COP1(=O)CC(C)=C(Cl)C(O)C1. The molecule has 1 rings (SSSR count). The molecule has 1 N–H and O–H groups in total. The molecule has 0 saturated carbocycles. The number of hydrogen-bond acceptors (Lipinski definition) is 3. The van der Waals surface area contributed by atoms with Crippen molar-refractivity contribution in [3.63, 3.8) is 0 Å². The Morgan fingerprint density at radius 3 is 2.75 bits per heavy atom. The number of halogens is 1. The van der Waals surface area contributed by atoms with E-state index in [-0.39, 0.29) is 6.16 Å². The Morgan fingerprint density at radius 2 is 2.33 bits per heavy atom. The molecule has 12 heavy (non-hydrogen) atoms. The van der Waals surface area contributed by atoms with Crippen LogP contribution in [0, 0.1) is 0 Å². The molecular weight excluding hydrogens is 199 g/mol. The van der Waals surface area contributed by atoms with Crippen LogP contribution in [0.15, 0.2) is 10.6 Å². The topological polar surface area (TPSA) is 46.5 Å². The lowest BCUT2D eigenvalue weighted by molar-refractivity contribution is 0.231. The molecule has 3 nitrogen and oxygen atoms in total. The van der Waals surface area contributed by atoms with Gasteiger partial charge in [-0.15, -0.1) is 0 Å². The number of aliphatic hydroxyl groups excluding tert-OH is 1. The lowest BCUT2D eigenvalue weighted by Gasteiger charge is -2.26. The molecule has 0 aromatic heterocycles. The largest absolute Gasteiger partial charge is 0.387 e. The van der Waals surface area contributed by atoms with Gasteiger partial charge in [0, 0.05) is 18.3 Å². The first-order valence-corrected chi connectivity index (χ1v) is 6.03. The van der Waals surface area contributed by atoms with E-state index >= 15 is 0 Å². The Kier molecular flexibility index (Phi) is 3.00. The van der Waals surface area contributed by atoms with Crippen LogP contribution < -0.4 is 0 Å². The molecule has 0 fully saturated rings. The Bertz CT molecular complexity index is 261. The molecule has 1 aliphatic heterocycles. The van der Waals surface area contributed by atoms with Crippen LogP contribution in [0.1, 0.15) is 6.92 Å². The molecule has 0 bridgehead atoms. The summed E-state index contributed by atoms with van der Waals surface area (Å²) < 4.78 is 16.6. The zero-order valence-electron chi connectivity index (χ0n) is 7.08. The predicted molar refractivity (Wildman–Crippen MR) is 48.9 cm³/mol. The third kappa shape index (κ3) is 1.91. The Balaban J connectivity index is 2.92. The summed E-state index contributed by atoms with van der Waals surface area (Å²) in [5, 5.41) is 9.79. The van der Waals surface area contributed by atoms with E-state index in [2.05, 4.69) is 0 Å². The van der Waals surface area contributed by atoms with Crippen molar-refractivity contribution in [1.82, 2.24) is 0 Å². The zero-order chi connectivity index (χ0) is 9.35. The number of allylic oxidation sites excluding steroid dienone is 1. The molecule has 0 aromatic carbocycles. The lowest BCUT2D eigenvalue weighted by Crippen LogP contribution is -2.21. The van der Waals surface area contributed by atoms with Crippen LogP contribution in [0.3, 0.4) is 0 Å². The van der Waals surface area contributed by atoms with Gasteiger partial charge in [0.15, 0.2) is 0 Å². The monoisotopic (exact) mass is 210 g/mol. The smallest absolute Gasteiger partial charge is 0.209 e. The van der Waals surface area contributed by atoms with Gasteiger partial charge < -0.3 is 9.63 Å². The summed E-state index contributed by atoms with van der Waals surface area (Å²) in [5.74, 6) is 0. The van der Waals surface area contributed by atoms with Gasteiger partial charge in [0.2, 0.25) is 7.37 Å². The van der Waals surface area contributed by atoms with Gasteiger partial charge in [-0.05, 0) is 12.5 Å². The van der Waals surface area contributed by atoms with Crippen molar-refractivity contribution in [2.45, 2.75) is 13.0 Å². The van der Waals surface area contributed by atoms with Crippen molar-refractivity contribution in [2.24, 2.45) is 0 Å². The van der Waals surface area contributed by atoms with Crippen molar-refractivity contribution < 1.29 is 14.2 Å². The molecule has 0 saturated heterocycles. The number of aliphatic hydroxyl groups is 1. The molecular formula is C7H12ClO3P. The Labute approximate surface area is 76.8 Å². The third-order valence-electron chi connectivity index (χ3n) is 1.96. The Hall–Kier alpha value is 0.180. The summed E-state index contributed by atoms with van der Waals surface area (Å²) in [6.45, 7) is 1.76. The highest BCUT2D eigenvalue weighted by Crippen LogP contribution is 2.52. The minimum absolute atomic E-state index is 0.139. The van der Waals surface area contributed by atoms with Gasteiger partial charge in [-0.1, -0.05) is 11.6 Å². The number of rotatable bonds is 1. The molecule has 1 heterocycles. The standard InChI is InChI=1S/C7H12ClO3P/c1-5-3-12(10,11-2)4-6(9)7(5)8/h6,9H,3-4H2,1-2H3. The van der Waals surface area contributed by atoms with Gasteiger partial charge in [0.25, 0.3) is 0 Å². The van der Waals surface area contributed by atoms with Crippen molar-refractivity contribution in [1.29, 1.82) is 0 Å². The summed E-state index contributed by atoms with van der Waals surface area (Å²) in [4.78, 5) is 0. The highest BCUT2D eigenvalue weighted by molar-refractivity contribution is 7.59. The fourth-order valence-electron chi connectivity index (χ4n) is 1.27. The summed E-state index contributed by atoms with van der Waals surface area (Å²) in [6, 6.07) is 0. The summed E-state index contributed by atoms with van der Waals surface area (Å²) in [6.07, 6.45) is -0.315. The molecule has 1 aliphatic rings. The highest BCUT2D eigenvalue weighted by atomic mass is 35.5. The van der Waals surface area contributed by atoms with Crippen LogP contribution in [0.4, 0.5) is 0 Å². The minimum Gasteiger partial charge on any atom is -0.387 e. The molecule has 0 aliphatic carbocycles. The van der Waals surface area contributed by atoms with E-state index < -0.39 is 13.5 Å². The lowest BCUT2D eigenvalue weighted by atomic mass is 10.2. The van der Waals surface area contributed by atoms with Crippen molar-refractivity contribution in [3.8, 4) is 0 Å². The fourth-order valence-corrected chi connectivity index (χ4v) is 3.62. The van der Waals surface area contributed by atoms with Crippen LogP contribution in [-0.2, 0) is 9.09 Å². The van der Waals surface area contributed by atoms with Gasteiger partial charge in [-0.25, -0.2) is 0 Å². The van der Waals surface area contributed by atoms with E-state index in [0.717, 1.165) is 5.57 Å². The molecule has 0 aromatic rings. The van der Waals surface area contributed by atoms with Crippen molar-refractivity contribution in [3.05, 3.63) is 10.6 Å². The van der Waals surface area contributed by atoms with Gasteiger partial charge >= 0.3 is 0 Å². The van der Waals surface area contributed by atoms with Crippen LogP contribution in [0.25, 0.3) is 0 Å². The van der Waals surface area contributed by atoms with E-state index in [1.54, 1.807) is 6.92 Å². The van der Waals surface area contributed by atoms with Crippen LogP contribution >= 0.6 is 19.0 Å². The number of hydrogen-bond donors (Lipinski definition) is 1. The van der Waals surface area contributed by atoms with E-state index in [1.807, 2.05) is 0 Å². The van der Waals surface area contributed by atoms with Crippen LogP contribution in [-0.4, -0.2) is 30.6 Å². The minimum atomic E-state index is -2.64. The van der Waals surface area contributed by atoms with Crippen LogP contribution in [0.5, 0.6) is 0 Å². The summed E-state index contributed by atoms with van der Waals surface area (Å²) in [5.41, 5.74) is 0.764. The first-order valence-electron chi connectivity index (χ1n) is 3.65. The fraction of sp³-hybridized carbons (Fsp3) is 0.714. The van der Waals surface area contributed by atoms with Gasteiger partial charge in [0.1, 0.15) is 0 Å². The molecule has 2 unspecified atom stereocenters. The molecule has 0 radical (unpaired) electrons.